The molecule has 6 nitrogen and oxygen atoms in total. The van der Waals surface area contributed by atoms with Crippen molar-refractivity contribution in [3.8, 4) is 34.7 Å². The van der Waals surface area contributed by atoms with E-state index in [2.05, 4.69) is 4.98 Å². The minimum atomic E-state index is -5.02. The number of halogens is 5. The first kappa shape index (κ1) is 23.7. The lowest BCUT2D eigenvalue weighted by Gasteiger charge is -2.16. The second kappa shape index (κ2) is 9.06. The first-order valence-electron chi connectivity index (χ1n) is 9.92. The molecular weight excluding hydrogens is 473 g/mol. The summed E-state index contributed by atoms with van der Waals surface area (Å²) in [5.41, 5.74) is -3.97. The number of rotatable bonds is 5. The number of nitrogens with zero attached hydrogens (tertiary/aromatic N) is 3. The maximum Gasteiger partial charge on any atom is 0.417 e. The molecule has 0 aliphatic carbocycles. The number of alkyl halides is 3. The number of ether oxygens (including phenoxy) is 1. The van der Waals surface area contributed by atoms with Crippen LogP contribution in [-0.2, 0) is 12.7 Å². The second-order valence-corrected chi connectivity index (χ2v) is 7.31. The second-order valence-electron chi connectivity index (χ2n) is 7.31. The zero-order valence-corrected chi connectivity index (χ0v) is 17.9. The normalized spacial score (nSPS) is 11.3. The number of methoxy groups -OCH3 is 1. The first-order valence-corrected chi connectivity index (χ1v) is 9.92. The minimum Gasteiger partial charge on any atom is -0.481 e. The molecular formula is C24H14F5N3O3. The van der Waals surface area contributed by atoms with Gasteiger partial charge in [-0.15, -0.1) is 0 Å². The monoisotopic (exact) mass is 487 g/mol. The molecule has 35 heavy (non-hydrogen) atoms. The maximum absolute atomic E-state index is 14.3. The van der Waals surface area contributed by atoms with Gasteiger partial charge < -0.3 is 9.15 Å². The number of aromatic nitrogens is 2. The van der Waals surface area contributed by atoms with E-state index in [0.29, 0.717) is 23.6 Å². The number of benzene rings is 1. The molecule has 178 valence electrons. The molecule has 4 aromatic rings. The highest BCUT2D eigenvalue weighted by molar-refractivity contribution is 5.64. The quantitative estimate of drug-likeness (QED) is 0.353. The maximum atomic E-state index is 14.3. The Hall–Kier alpha value is -4.46. The van der Waals surface area contributed by atoms with Gasteiger partial charge in [-0.1, -0.05) is 6.07 Å². The molecule has 3 aromatic heterocycles. The smallest absolute Gasteiger partial charge is 0.417 e. The van der Waals surface area contributed by atoms with Crippen molar-refractivity contribution in [2.75, 3.05) is 7.11 Å². The average molecular weight is 487 g/mol. The van der Waals surface area contributed by atoms with Gasteiger partial charge in [-0.3, -0.25) is 9.36 Å². The molecule has 0 unspecified atom stereocenters. The van der Waals surface area contributed by atoms with E-state index in [0.717, 1.165) is 16.7 Å². The van der Waals surface area contributed by atoms with Gasteiger partial charge in [0.15, 0.2) is 5.76 Å². The lowest BCUT2D eigenvalue weighted by atomic mass is 10.1. The predicted molar refractivity (Wildman–Crippen MR) is 113 cm³/mol. The zero-order valence-electron chi connectivity index (χ0n) is 17.9. The van der Waals surface area contributed by atoms with Gasteiger partial charge in [0, 0.05) is 29.5 Å². The summed E-state index contributed by atoms with van der Waals surface area (Å²) < 4.78 is 80.1. The highest BCUT2D eigenvalue weighted by atomic mass is 19.4. The summed E-state index contributed by atoms with van der Waals surface area (Å²) in [4.78, 5) is 17.0. The van der Waals surface area contributed by atoms with Crippen molar-refractivity contribution in [1.82, 2.24) is 9.55 Å². The highest BCUT2D eigenvalue weighted by Gasteiger charge is 2.37. The van der Waals surface area contributed by atoms with E-state index < -0.39 is 41.0 Å². The molecule has 11 heteroatoms. The highest BCUT2D eigenvalue weighted by Crippen LogP contribution is 2.35. The Balaban J connectivity index is 1.91. The lowest BCUT2D eigenvalue weighted by Crippen LogP contribution is -2.29. The van der Waals surface area contributed by atoms with Crippen molar-refractivity contribution < 1.29 is 31.1 Å². The van der Waals surface area contributed by atoms with Crippen molar-refractivity contribution >= 4 is 0 Å². The summed E-state index contributed by atoms with van der Waals surface area (Å²) >= 11 is 0. The molecule has 0 aliphatic rings. The predicted octanol–water partition coefficient (Wildman–Crippen LogP) is 5.40. The molecule has 0 bridgehead atoms. The van der Waals surface area contributed by atoms with Crippen molar-refractivity contribution in [3.05, 3.63) is 93.4 Å². The van der Waals surface area contributed by atoms with Gasteiger partial charge in [0.25, 0.3) is 5.56 Å². The lowest BCUT2D eigenvalue weighted by molar-refractivity contribution is -0.137. The van der Waals surface area contributed by atoms with Crippen molar-refractivity contribution in [2.24, 2.45) is 0 Å². The molecule has 3 heterocycles. The van der Waals surface area contributed by atoms with Crippen molar-refractivity contribution in [1.29, 1.82) is 5.26 Å². The van der Waals surface area contributed by atoms with Crippen LogP contribution in [0.2, 0.25) is 0 Å². The van der Waals surface area contributed by atoms with Crippen LogP contribution in [0.15, 0.2) is 63.9 Å². The van der Waals surface area contributed by atoms with Crippen LogP contribution in [0.1, 0.15) is 16.7 Å². The fraction of sp³-hybridized carbons (Fsp3) is 0.125. The summed E-state index contributed by atoms with van der Waals surface area (Å²) in [5.74, 6) is -1.47. The van der Waals surface area contributed by atoms with Crippen LogP contribution in [-0.4, -0.2) is 16.7 Å². The number of hydrogen-bond acceptors (Lipinski definition) is 5. The van der Waals surface area contributed by atoms with E-state index in [-0.39, 0.29) is 22.8 Å². The standard InChI is InChI=1S/C24H14F5N3O3/c1-34-22-7-3-13(11-31-22)20-5-6-21(35-20)19-9-17(24(27,28)29)16(10-30)23(33)32(19)12-14-2-4-15(25)8-18(14)26/h2-9,11H,12H2,1H3. The molecule has 0 saturated carbocycles. The van der Waals surface area contributed by atoms with E-state index in [4.69, 9.17) is 9.15 Å². The third kappa shape index (κ3) is 4.63. The van der Waals surface area contributed by atoms with Gasteiger partial charge in [0.2, 0.25) is 5.88 Å². The molecule has 0 fully saturated rings. The SMILES string of the molecule is COc1ccc(-c2ccc(-c3cc(C(F)(F)F)c(C#N)c(=O)n3Cc3ccc(F)cc3F)o2)cn1. The third-order valence-electron chi connectivity index (χ3n) is 5.15. The Morgan fingerprint density at radius 3 is 2.43 bits per heavy atom. The number of nitriles is 1. The van der Waals surface area contributed by atoms with Crippen LogP contribution in [0.25, 0.3) is 22.8 Å². The van der Waals surface area contributed by atoms with Gasteiger partial charge in [0.05, 0.1) is 24.9 Å². The Bertz CT molecular complexity index is 1500. The fourth-order valence-corrected chi connectivity index (χ4v) is 3.44. The summed E-state index contributed by atoms with van der Waals surface area (Å²) in [7, 11) is 1.43. The largest absolute Gasteiger partial charge is 0.481 e. The van der Waals surface area contributed by atoms with Crippen LogP contribution >= 0.6 is 0 Å². The van der Waals surface area contributed by atoms with Crippen molar-refractivity contribution in [2.45, 2.75) is 12.7 Å². The Morgan fingerprint density at radius 2 is 1.83 bits per heavy atom. The van der Waals surface area contributed by atoms with Crippen LogP contribution < -0.4 is 10.3 Å². The number of furan rings is 1. The minimum absolute atomic E-state index is 0.148. The van der Waals surface area contributed by atoms with E-state index in [1.165, 1.54) is 31.5 Å². The summed E-state index contributed by atoms with van der Waals surface area (Å²) in [6.07, 6.45) is -3.60. The van der Waals surface area contributed by atoms with Gasteiger partial charge >= 0.3 is 6.18 Å². The van der Waals surface area contributed by atoms with Crippen LogP contribution in [0.5, 0.6) is 5.88 Å². The summed E-state index contributed by atoms with van der Waals surface area (Å²) in [5, 5.41) is 9.27. The number of pyridine rings is 2. The van der Waals surface area contributed by atoms with Crippen molar-refractivity contribution in [3.63, 3.8) is 0 Å². The molecule has 0 N–H and O–H groups in total. The van der Waals surface area contributed by atoms with Gasteiger partial charge in [-0.2, -0.15) is 18.4 Å². The third-order valence-corrected chi connectivity index (χ3v) is 5.15. The van der Waals surface area contributed by atoms with E-state index in [1.807, 2.05) is 0 Å². The summed E-state index contributed by atoms with van der Waals surface area (Å²) in [6.45, 7) is -0.576. The van der Waals surface area contributed by atoms with Crippen LogP contribution in [0.4, 0.5) is 22.0 Å². The molecule has 1 aromatic carbocycles. The van der Waals surface area contributed by atoms with E-state index in [9.17, 15) is 32.0 Å². The van der Waals surface area contributed by atoms with Crippen LogP contribution in [0.3, 0.4) is 0 Å². The Kier molecular flexibility index (Phi) is 6.13. The van der Waals surface area contributed by atoms with Gasteiger partial charge in [-0.25, -0.2) is 13.8 Å². The molecule has 0 amide bonds. The molecule has 4 rings (SSSR count). The van der Waals surface area contributed by atoms with E-state index in [1.54, 1.807) is 12.1 Å². The Labute approximate surface area is 194 Å². The summed E-state index contributed by atoms with van der Waals surface area (Å²) in [6, 6.07) is 10.4. The molecule has 0 atom stereocenters. The molecule has 0 spiro atoms. The number of hydrogen-bond donors (Lipinski definition) is 0. The molecule has 0 saturated heterocycles. The van der Waals surface area contributed by atoms with Crippen LogP contribution in [0, 0.1) is 23.0 Å². The van der Waals surface area contributed by atoms with Gasteiger partial charge in [0.1, 0.15) is 29.0 Å². The topological polar surface area (TPSA) is 81.0 Å². The molecule has 0 aliphatic heterocycles. The van der Waals surface area contributed by atoms with Gasteiger partial charge in [-0.05, 0) is 30.3 Å². The molecule has 0 radical (unpaired) electrons. The first-order chi connectivity index (χ1) is 16.6. The van der Waals surface area contributed by atoms with E-state index >= 15 is 0 Å². The average Bonchev–Trinajstić information content (AvgIpc) is 3.31. The fourth-order valence-electron chi connectivity index (χ4n) is 3.44. The zero-order chi connectivity index (χ0) is 25.3. The Morgan fingerprint density at radius 1 is 1.09 bits per heavy atom.